The molecule has 2 unspecified atom stereocenters. The molecule has 0 aromatic heterocycles. The monoisotopic (exact) mass is 277 g/mol. The van der Waals surface area contributed by atoms with E-state index in [1.807, 2.05) is 30.3 Å². The first-order valence-electron chi connectivity index (χ1n) is 6.54. The van der Waals surface area contributed by atoms with Gasteiger partial charge in [-0.3, -0.25) is 0 Å². The molecule has 3 amide bonds. The number of carbonyl (C=O) groups excluding carboxylic acids is 2. The van der Waals surface area contributed by atoms with Crippen molar-refractivity contribution < 1.29 is 14.3 Å². The van der Waals surface area contributed by atoms with E-state index in [0.29, 0.717) is 13.1 Å². The van der Waals surface area contributed by atoms with Gasteiger partial charge in [-0.2, -0.15) is 0 Å². The van der Waals surface area contributed by atoms with Crippen LogP contribution < -0.4 is 11.1 Å². The van der Waals surface area contributed by atoms with Gasteiger partial charge in [-0.05, 0) is 12.0 Å². The lowest BCUT2D eigenvalue weighted by Gasteiger charge is -2.37. The Kier molecular flexibility index (Phi) is 4.45. The molecule has 20 heavy (non-hydrogen) atoms. The number of ether oxygens (including phenoxy) is 1. The van der Waals surface area contributed by atoms with Gasteiger partial charge in [0.25, 0.3) is 0 Å². The number of alkyl carbamates (subject to hydrolysis) is 1. The molecule has 1 heterocycles. The maximum Gasteiger partial charge on any atom is 0.407 e. The topological polar surface area (TPSA) is 84.7 Å². The van der Waals surface area contributed by atoms with E-state index >= 15 is 0 Å². The van der Waals surface area contributed by atoms with Crippen molar-refractivity contribution >= 4 is 12.1 Å². The Morgan fingerprint density at radius 2 is 2.00 bits per heavy atom. The largest absolute Gasteiger partial charge is 0.453 e. The number of piperidine rings is 1. The lowest BCUT2D eigenvalue weighted by atomic mass is 9.88. The van der Waals surface area contributed by atoms with Crippen molar-refractivity contribution in [3.8, 4) is 0 Å². The second kappa shape index (κ2) is 6.27. The van der Waals surface area contributed by atoms with Crippen LogP contribution in [0.25, 0.3) is 0 Å². The molecule has 0 bridgehead atoms. The lowest BCUT2D eigenvalue weighted by molar-refractivity contribution is 0.146. The molecule has 1 aliphatic rings. The molecule has 2 atom stereocenters. The molecule has 2 rings (SSSR count). The van der Waals surface area contributed by atoms with Crippen LogP contribution in [0.5, 0.6) is 0 Å². The van der Waals surface area contributed by atoms with Crippen molar-refractivity contribution in [3.05, 3.63) is 35.9 Å². The van der Waals surface area contributed by atoms with Gasteiger partial charge in [0, 0.05) is 19.0 Å². The van der Waals surface area contributed by atoms with E-state index in [9.17, 15) is 9.59 Å². The molecule has 1 aromatic rings. The summed E-state index contributed by atoms with van der Waals surface area (Å²) < 4.78 is 4.60. The number of nitrogens with two attached hydrogens (primary N) is 1. The molecular formula is C14H19N3O3. The van der Waals surface area contributed by atoms with Gasteiger partial charge in [0.15, 0.2) is 0 Å². The van der Waals surface area contributed by atoms with Crippen molar-refractivity contribution in [1.82, 2.24) is 10.2 Å². The number of benzene rings is 1. The molecule has 3 N–H and O–H groups in total. The summed E-state index contributed by atoms with van der Waals surface area (Å²) in [5.41, 5.74) is 6.51. The number of methoxy groups -OCH3 is 1. The number of hydrogen-bond donors (Lipinski definition) is 2. The summed E-state index contributed by atoms with van der Waals surface area (Å²) in [6, 6.07) is 9.27. The van der Waals surface area contributed by atoms with Crippen LogP contribution in [0.15, 0.2) is 30.3 Å². The van der Waals surface area contributed by atoms with Crippen LogP contribution in [0, 0.1) is 0 Å². The van der Waals surface area contributed by atoms with Crippen LogP contribution in [0.3, 0.4) is 0 Å². The first-order chi connectivity index (χ1) is 9.60. The van der Waals surface area contributed by atoms with Crippen LogP contribution in [0.1, 0.15) is 17.9 Å². The van der Waals surface area contributed by atoms with E-state index < -0.39 is 12.1 Å². The standard InChI is InChI=1S/C14H19N3O3/c1-20-14(19)16-12-7-11(8-17(9-12)13(15)18)10-5-3-2-4-6-10/h2-6,11-12H,7-9H2,1H3,(H2,15,18)(H,16,19). The van der Waals surface area contributed by atoms with Crippen molar-refractivity contribution in [2.24, 2.45) is 5.73 Å². The Labute approximate surface area is 117 Å². The average Bonchev–Trinajstić information content (AvgIpc) is 2.47. The summed E-state index contributed by atoms with van der Waals surface area (Å²) in [6.45, 7) is 0.979. The first kappa shape index (κ1) is 14.2. The quantitative estimate of drug-likeness (QED) is 0.854. The Hall–Kier alpha value is -2.24. The fourth-order valence-electron chi connectivity index (χ4n) is 2.58. The van der Waals surface area contributed by atoms with Gasteiger partial charge in [0.05, 0.1) is 13.2 Å². The second-order valence-corrected chi connectivity index (χ2v) is 4.92. The van der Waals surface area contributed by atoms with Gasteiger partial charge >= 0.3 is 12.1 Å². The zero-order valence-corrected chi connectivity index (χ0v) is 11.4. The number of nitrogens with one attached hydrogen (secondary N) is 1. The van der Waals surface area contributed by atoms with Gasteiger partial charge < -0.3 is 20.7 Å². The predicted molar refractivity (Wildman–Crippen MR) is 74.3 cm³/mol. The van der Waals surface area contributed by atoms with E-state index in [1.165, 1.54) is 7.11 Å². The lowest BCUT2D eigenvalue weighted by Crippen LogP contribution is -2.53. The Balaban J connectivity index is 2.12. The fourth-order valence-corrected chi connectivity index (χ4v) is 2.58. The maximum atomic E-state index is 11.4. The van der Waals surface area contributed by atoms with Crippen LogP contribution in [-0.4, -0.2) is 43.3 Å². The van der Waals surface area contributed by atoms with Crippen LogP contribution in [0.2, 0.25) is 0 Å². The average molecular weight is 277 g/mol. The van der Waals surface area contributed by atoms with Gasteiger partial charge in [0.2, 0.25) is 0 Å². The van der Waals surface area contributed by atoms with Crippen molar-refractivity contribution in [2.75, 3.05) is 20.2 Å². The van der Waals surface area contributed by atoms with Crippen LogP contribution in [0.4, 0.5) is 9.59 Å². The van der Waals surface area contributed by atoms with Crippen molar-refractivity contribution in [2.45, 2.75) is 18.4 Å². The minimum atomic E-state index is -0.492. The number of likely N-dealkylation sites (tertiary alicyclic amines) is 1. The van der Waals surface area contributed by atoms with E-state index in [0.717, 1.165) is 12.0 Å². The smallest absolute Gasteiger partial charge is 0.407 e. The molecule has 6 heteroatoms. The van der Waals surface area contributed by atoms with E-state index in [4.69, 9.17) is 5.73 Å². The highest BCUT2D eigenvalue weighted by atomic mass is 16.5. The Morgan fingerprint density at radius 3 is 2.60 bits per heavy atom. The summed E-state index contributed by atoms with van der Waals surface area (Å²) in [7, 11) is 1.32. The summed E-state index contributed by atoms with van der Waals surface area (Å²) in [4.78, 5) is 24.3. The number of carbonyl (C=O) groups is 2. The highest BCUT2D eigenvalue weighted by Crippen LogP contribution is 2.26. The summed E-state index contributed by atoms with van der Waals surface area (Å²) >= 11 is 0. The van der Waals surface area contributed by atoms with E-state index in [2.05, 4.69) is 10.1 Å². The molecule has 0 saturated carbocycles. The third kappa shape index (κ3) is 3.40. The molecule has 1 aliphatic heterocycles. The molecule has 108 valence electrons. The molecule has 0 radical (unpaired) electrons. The third-order valence-electron chi connectivity index (χ3n) is 3.54. The zero-order chi connectivity index (χ0) is 14.5. The molecular weight excluding hydrogens is 258 g/mol. The number of rotatable bonds is 2. The van der Waals surface area contributed by atoms with Gasteiger partial charge in [-0.1, -0.05) is 30.3 Å². The SMILES string of the molecule is COC(=O)NC1CC(c2ccccc2)CN(C(N)=O)C1. The molecule has 1 aromatic carbocycles. The number of nitrogens with zero attached hydrogens (tertiary/aromatic N) is 1. The van der Waals surface area contributed by atoms with Gasteiger partial charge in [-0.15, -0.1) is 0 Å². The fraction of sp³-hybridized carbons (Fsp3) is 0.429. The number of urea groups is 1. The van der Waals surface area contributed by atoms with Gasteiger partial charge in [0.1, 0.15) is 0 Å². The first-order valence-corrected chi connectivity index (χ1v) is 6.54. The second-order valence-electron chi connectivity index (χ2n) is 4.92. The summed E-state index contributed by atoms with van der Waals surface area (Å²) in [6.07, 6.45) is 0.260. The number of primary amides is 1. The Morgan fingerprint density at radius 1 is 1.30 bits per heavy atom. The molecule has 1 saturated heterocycles. The highest BCUT2D eigenvalue weighted by molar-refractivity contribution is 5.72. The minimum Gasteiger partial charge on any atom is -0.453 e. The summed E-state index contributed by atoms with van der Waals surface area (Å²) in [5.74, 6) is 0.152. The minimum absolute atomic E-state index is 0.152. The highest BCUT2D eigenvalue weighted by Gasteiger charge is 2.30. The third-order valence-corrected chi connectivity index (χ3v) is 3.54. The summed E-state index contributed by atoms with van der Waals surface area (Å²) in [5, 5.41) is 2.74. The normalized spacial score (nSPS) is 22.1. The molecule has 0 aliphatic carbocycles. The molecule has 0 spiro atoms. The van der Waals surface area contributed by atoms with E-state index in [-0.39, 0.29) is 12.0 Å². The zero-order valence-electron chi connectivity index (χ0n) is 11.4. The van der Waals surface area contributed by atoms with Crippen molar-refractivity contribution in [1.29, 1.82) is 0 Å². The Bertz CT molecular complexity index is 478. The molecule has 1 fully saturated rings. The molecule has 6 nitrogen and oxygen atoms in total. The predicted octanol–water partition coefficient (Wildman–Crippen LogP) is 1.28. The van der Waals surface area contributed by atoms with Crippen LogP contribution >= 0.6 is 0 Å². The van der Waals surface area contributed by atoms with Crippen LogP contribution in [-0.2, 0) is 4.74 Å². The number of amides is 3. The number of hydrogen-bond acceptors (Lipinski definition) is 3. The maximum absolute atomic E-state index is 11.4. The van der Waals surface area contributed by atoms with E-state index in [1.54, 1.807) is 4.90 Å². The van der Waals surface area contributed by atoms with Crippen molar-refractivity contribution in [3.63, 3.8) is 0 Å². The van der Waals surface area contributed by atoms with Gasteiger partial charge in [-0.25, -0.2) is 9.59 Å².